The molecule has 0 radical (unpaired) electrons. The molecule has 2 N–H and O–H groups in total. The van der Waals surface area contributed by atoms with Gasteiger partial charge >= 0.3 is 6.03 Å². The lowest BCUT2D eigenvalue weighted by atomic mass is 9.99. The lowest BCUT2D eigenvalue weighted by Gasteiger charge is -2.25. The number of rotatable bonds is 6. The first kappa shape index (κ1) is 17.4. The predicted molar refractivity (Wildman–Crippen MR) is 92.6 cm³/mol. The van der Waals surface area contributed by atoms with E-state index in [-0.39, 0.29) is 24.0 Å². The first-order valence-corrected chi connectivity index (χ1v) is 8.54. The lowest BCUT2D eigenvalue weighted by Crippen LogP contribution is -2.42. The summed E-state index contributed by atoms with van der Waals surface area (Å²) in [4.78, 5) is 16.5. The summed E-state index contributed by atoms with van der Waals surface area (Å²) >= 11 is 0. The summed E-state index contributed by atoms with van der Waals surface area (Å²) in [5.74, 6) is -0.297. The third kappa shape index (κ3) is 5.00. The van der Waals surface area contributed by atoms with Gasteiger partial charge in [-0.2, -0.15) is 0 Å². The first-order chi connectivity index (χ1) is 12.2. The molecule has 1 aromatic carbocycles. The summed E-state index contributed by atoms with van der Waals surface area (Å²) in [5, 5.41) is 5.81. The second-order valence-corrected chi connectivity index (χ2v) is 6.05. The van der Waals surface area contributed by atoms with Gasteiger partial charge in [-0.1, -0.05) is 18.2 Å². The molecule has 25 heavy (non-hydrogen) atoms. The van der Waals surface area contributed by atoms with Gasteiger partial charge < -0.3 is 15.4 Å². The van der Waals surface area contributed by atoms with Crippen molar-refractivity contribution in [3.63, 3.8) is 0 Å². The van der Waals surface area contributed by atoms with Gasteiger partial charge in [-0.15, -0.1) is 0 Å². The molecule has 1 fully saturated rings. The van der Waals surface area contributed by atoms with E-state index in [0.717, 1.165) is 24.1 Å². The molecule has 0 spiro atoms. The Labute approximate surface area is 146 Å². The zero-order valence-corrected chi connectivity index (χ0v) is 14.0. The molecule has 6 heteroatoms. The molecule has 0 unspecified atom stereocenters. The van der Waals surface area contributed by atoms with Crippen molar-refractivity contribution in [2.75, 3.05) is 13.2 Å². The lowest BCUT2D eigenvalue weighted by molar-refractivity contribution is 0.0807. The van der Waals surface area contributed by atoms with E-state index < -0.39 is 0 Å². The fourth-order valence-corrected chi connectivity index (χ4v) is 2.97. The number of benzene rings is 1. The van der Waals surface area contributed by atoms with Crippen LogP contribution in [0.4, 0.5) is 9.18 Å². The number of nitrogens with one attached hydrogen (secondary N) is 2. The van der Waals surface area contributed by atoms with Crippen molar-refractivity contribution in [3.05, 3.63) is 65.7 Å². The zero-order valence-electron chi connectivity index (χ0n) is 14.0. The second-order valence-electron chi connectivity index (χ2n) is 6.05. The fourth-order valence-electron chi connectivity index (χ4n) is 2.97. The molecular weight excluding hydrogens is 321 g/mol. The molecule has 1 saturated heterocycles. The van der Waals surface area contributed by atoms with E-state index in [1.807, 2.05) is 18.2 Å². The molecule has 2 atom stereocenters. The maximum Gasteiger partial charge on any atom is 0.315 e. The minimum absolute atomic E-state index is 0.0907. The van der Waals surface area contributed by atoms with Crippen molar-refractivity contribution < 1.29 is 13.9 Å². The maximum atomic E-state index is 13.2. The SMILES string of the molecule is O=C(NCCc1ccccn1)N[C@@H](c1ccc(F)cc1)[C@H]1CCCO1. The van der Waals surface area contributed by atoms with Crippen LogP contribution in [0.25, 0.3) is 0 Å². The summed E-state index contributed by atoms with van der Waals surface area (Å²) < 4.78 is 18.9. The Morgan fingerprint density at radius 1 is 1.28 bits per heavy atom. The van der Waals surface area contributed by atoms with E-state index in [2.05, 4.69) is 15.6 Å². The van der Waals surface area contributed by atoms with Crippen LogP contribution in [0.2, 0.25) is 0 Å². The summed E-state index contributed by atoms with van der Waals surface area (Å²) in [6.45, 7) is 1.18. The number of urea groups is 1. The van der Waals surface area contributed by atoms with Crippen molar-refractivity contribution in [1.29, 1.82) is 0 Å². The van der Waals surface area contributed by atoms with Crippen LogP contribution >= 0.6 is 0 Å². The second kappa shape index (κ2) is 8.58. The van der Waals surface area contributed by atoms with Gasteiger partial charge in [0.2, 0.25) is 0 Å². The molecule has 1 aliphatic rings. The number of hydrogen-bond donors (Lipinski definition) is 2. The van der Waals surface area contributed by atoms with Crippen LogP contribution < -0.4 is 10.6 Å². The van der Waals surface area contributed by atoms with Crippen LogP contribution in [0.1, 0.15) is 30.1 Å². The molecular formula is C19H22FN3O2. The number of amides is 2. The number of pyridine rings is 1. The highest BCUT2D eigenvalue weighted by Gasteiger charge is 2.28. The maximum absolute atomic E-state index is 13.2. The Hall–Kier alpha value is -2.47. The van der Waals surface area contributed by atoms with Crippen LogP contribution in [-0.2, 0) is 11.2 Å². The smallest absolute Gasteiger partial charge is 0.315 e. The molecule has 2 aromatic rings. The Kier molecular flexibility index (Phi) is 5.95. The topological polar surface area (TPSA) is 63.2 Å². The summed E-state index contributed by atoms with van der Waals surface area (Å²) in [6, 6.07) is 11.3. The van der Waals surface area contributed by atoms with E-state index in [4.69, 9.17) is 4.74 Å². The highest BCUT2D eigenvalue weighted by atomic mass is 19.1. The Balaban J connectivity index is 1.57. The largest absolute Gasteiger partial charge is 0.376 e. The van der Waals surface area contributed by atoms with Gasteiger partial charge in [0.05, 0.1) is 12.1 Å². The number of carbonyl (C=O) groups excluding carboxylic acids is 1. The zero-order chi connectivity index (χ0) is 17.5. The first-order valence-electron chi connectivity index (χ1n) is 8.54. The standard InChI is InChI=1S/C19H22FN3O2/c20-15-8-6-14(7-9-15)18(17-5-3-13-25-17)23-19(24)22-12-10-16-4-1-2-11-21-16/h1-2,4,6-9,11,17-18H,3,5,10,12-13H2,(H2,22,23,24)/t17-,18+/m1/s1. The van der Waals surface area contributed by atoms with Gasteiger partial charge in [-0.05, 0) is 42.7 Å². The van der Waals surface area contributed by atoms with Gasteiger partial charge in [0.1, 0.15) is 5.82 Å². The summed E-state index contributed by atoms with van der Waals surface area (Å²) in [5.41, 5.74) is 1.77. The van der Waals surface area contributed by atoms with Crippen molar-refractivity contribution in [2.24, 2.45) is 0 Å². The number of aromatic nitrogens is 1. The Morgan fingerprint density at radius 3 is 2.80 bits per heavy atom. The minimum atomic E-state index is -0.297. The van der Waals surface area contributed by atoms with E-state index in [1.165, 1.54) is 12.1 Å². The fraction of sp³-hybridized carbons (Fsp3) is 0.368. The summed E-state index contributed by atoms with van der Waals surface area (Å²) in [7, 11) is 0. The molecule has 3 rings (SSSR count). The average Bonchev–Trinajstić information content (AvgIpc) is 3.16. The van der Waals surface area contributed by atoms with Crippen molar-refractivity contribution in [3.8, 4) is 0 Å². The molecule has 2 amide bonds. The molecule has 0 aliphatic carbocycles. The number of hydrogen-bond acceptors (Lipinski definition) is 3. The van der Waals surface area contributed by atoms with E-state index in [1.54, 1.807) is 18.3 Å². The minimum Gasteiger partial charge on any atom is -0.376 e. The van der Waals surface area contributed by atoms with Crippen molar-refractivity contribution in [2.45, 2.75) is 31.4 Å². The van der Waals surface area contributed by atoms with Gasteiger partial charge in [-0.3, -0.25) is 4.98 Å². The number of nitrogens with zero attached hydrogens (tertiary/aromatic N) is 1. The molecule has 1 aliphatic heterocycles. The van der Waals surface area contributed by atoms with Crippen LogP contribution in [0.3, 0.4) is 0 Å². The molecule has 0 saturated carbocycles. The van der Waals surface area contributed by atoms with E-state index in [9.17, 15) is 9.18 Å². The molecule has 2 heterocycles. The molecule has 0 bridgehead atoms. The van der Waals surface area contributed by atoms with Crippen LogP contribution in [0, 0.1) is 5.82 Å². The molecule has 1 aromatic heterocycles. The Morgan fingerprint density at radius 2 is 2.12 bits per heavy atom. The third-order valence-electron chi connectivity index (χ3n) is 4.25. The van der Waals surface area contributed by atoms with Gasteiger partial charge in [-0.25, -0.2) is 9.18 Å². The van der Waals surface area contributed by atoms with E-state index in [0.29, 0.717) is 19.6 Å². The van der Waals surface area contributed by atoms with Crippen LogP contribution in [0.5, 0.6) is 0 Å². The predicted octanol–water partition coefficient (Wildman–Crippen LogP) is 2.98. The average molecular weight is 343 g/mol. The monoisotopic (exact) mass is 343 g/mol. The number of carbonyl (C=O) groups is 1. The van der Waals surface area contributed by atoms with Crippen LogP contribution in [-0.4, -0.2) is 30.3 Å². The normalized spacial score (nSPS) is 17.9. The highest BCUT2D eigenvalue weighted by Crippen LogP contribution is 2.27. The molecule has 5 nitrogen and oxygen atoms in total. The van der Waals surface area contributed by atoms with Gasteiger partial charge in [0.25, 0.3) is 0 Å². The quantitative estimate of drug-likeness (QED) is 0.847. The number of halogens is 1. The van der Waals surface area contributed by atoms with Gasteiger partial charge in [0.15, 0.2) is 0 Å². The number of ether oxygens (including phenoxy) is 1. The highest BCUT2D eigenvalue weighted by molar-refractivity contribution is 5.74. The van der Waals surface area contributed by atoms with Crippen LogP contribution in [0.15, 0.2) is 48.7 Å². The van der Waals surface area contributed by atoms with Crippen molar-refractivity contribution >= 4 is 6.03 Å². The third-order valence-corrected chi connectivity index (χ3v) is 4.25. The van der Waals surface area contributed by atoms with E-state index >= 15 is 0 Å². The molecule has 132 valence electrons. The van der Waals surface area contributed by atoms with Crippen molar-refractivity contribution in [1.82, 2.24) is 15.6 Å². The Bertz CT molecular complexity index is 673. The summed E-state index contributed by atoms with van der Waals surface area (Å²) in [6.07, 6.45) is 4.14. The van der Waals surface area contributed by atoms with Gasteiger partial charge in [0, 0.05) is 31.5 Å².